The van der Waals surface area contributed by atoms with Gasteiger partial charge in [-0.2, -0.15) is 26.3 Å². The summed E-state index contributed by atoms with van der Waals surface area (Å²) in [5.74, 6) is -0.423. The van der Waals surface area contributed by atoms with Crippen LogP contribution < -0.4 is 0 Å². The zero-order chi connectivity index (χ0) is 25.7. The molecule has 3 nitrogen and oxygen atoms in total. The van der Waals surface area contributed by atoms with Crippen molar-refractivity contribution in [3.8, 4) is 0 Å². The standard InChI is InChI=1S/C26H18F6N2OS/c27-25(28,29)17-9-5-15(6-10-17)23-22-20(19-3-1-2-4-21(19)33-22)13-14-34(23)24(35)16-7-11-18(12-8-16)36-26(30,31)32/h1-12,23,33H,13-14H2. The van der Waals surface area contributed by atoms with E-state index in [1.54, 1.807) is 4.90 Å². The molecule has 3 aromatic carbocycles. The third kappa shape index (κ3) is 4.69. The second-order valence-electron chi connectivity index (χ2n) is 8.41. The van der Waals surface area contributed by atoms with E-state index in [2.05, 4.69) is 4.98 Å². The molecule has 1 aromatic heterocycles. The summed E-state index contributed by atoms with van der Waals surface area (Å²) < 4.78 is 77.5. The van der Waals surface area contributed by atoms with Gasteiger partial charge in [-0.05, 0) is 71.8 Å². The van der Waals surface area contributed by atoms with Gasteiger partial charge in [0.1, 0.15) is 0 Å². The first-order chi connectivity index (χ1) is 17.0. The lowest BCUT2D eigenvalue weighted by Gasteiger charge is -2.36. The molecular formula is C26H18F6N2OS. The van der Waals surface area contributed by atoms with E-state index in [1.807, 2.05) is 24.3 Å². The summed E-state index contributed by atoms with van der Waals surface area (Å²) in [6.07, 6.45) is -3.98. The molecule has 0 bridgehead atoms. The minimum atomic E-state index is -4.50. The van der Waals surface area contributed by atoms with Gasteiger partial charge in [0.05, 0.1) is 11.6 Å². The van der Waals surface area contributed by atoms with Gasteiger partial charge < -0.3 is 9.88 Å². The van der Waals surface area contributed by atoms with Gasteiger partial charge in [-0.15, -0.1) is 0 Å². The molecule has 0 spiro atoms. The van der Waals surface area contributed by atoms with Crippen LogP contribution in [0.4, 0.5) is 26.3 Å². The number of aromatic amines is 1. The number of halogens is 6. The fraction of sp³-hybridized carbons (Fsp3) is 0.192. The lowest BCUT2D eigenvalue weighted by molar-refractivity contribution is -0.137. The maximum atomic E-state index is 13.5. The van der Waals surface area contributed by atoms with Crippen LogP contribution in [-0.2, 0) is 12.6 Å². The summed E-state index contributed by atoms with van der Waals surface area (Å²) >= 11 is -0.271. The third-order valence-corrected chi connectivity index (χ3v) is 6.92. The first kappa shape index (κ1) is 24.3. The van der Waals surface area contributed by atoms with Gasteiger partial charge in [-0.1, -0.05) is 30.3 Å². The SMILES string of the molecule is O=C(c1ccc(SC(F)(F)F)cc1)N1CCc2c([nH]c3ccccc23)C1c1ccc(C(F)(F)F)cc1. The van der Waals surface area contributed by atoms with Crippen molar-refractivity contribution in [1.29, 1.82) is 0 Å². The highest BCUT2D eigenvalue weighted by Crippen LogP contribution is 2.41. The Kier molecular flexibility index (Phi) is 6.02. The molecule has 1 aliphatic rings. The van der Waals surface area contributed by atoms with Crippen LogP contribution in [0.1, 0.15) is 38.8 Å². The highest BCUT2D eigenvalue weighted by molar-refractivity contribution is 8.00. The molecule has 10 heteroatoms. The average Bonchev–Trinajstić information content (AvgIpc) is 3.21. The zero-order valence-corrected chi connectivity index (χ0v) is 19.3. The molecule has 4 aromatic rings. The molecule has 1 N–H and O–H groups in total. The molecule has 1 amide bonds. The number of para-hydroxylation sites is 1. The van der Waals surface area contributed by atoms with Crippen molar-refractivity contribution >= 4 is 28.6 Å². The molecule has 2 heterocycles. The number of amides is 1. The largest absolute Gasteiger partial charge is 0.446 e. The number of fused-ring (bicyclic) bond motifs is 3. The van der Waals surface area contributed by atoms with Gasteiger partial charge in [-0.25, -0.2) is 0 Å². The Balaban J connectivity index is 1.55. The molecule has 0 saturated heterocycles. The van der Waals surface area contributed by atoms with E-state index >= 15 is 0 Å². The fourth-order valence-electron chi connectivity index (χ4n) is 4.63. The van der Waals surface area contributed by atoms with Crippen molar-refractivity contribution in [2.75, 3.05) is 6.54 Å². The van der Waals surface area contributed by atoms with Crippen LogP contribution in [0, 0.1) is 0 Å². The topological polar surface area (TPSA) is 36.1 Å². The Bertz CT molecular complexity index is 1410. The number of hydrogen-bond donors (Lipinski definition) is 1. The predicted octanol–water partition coefficient (Wildman–Crippen LogP) is 7.59. The third-order valence-electron chi connectivity index (χ3n) is 6.18. The van der Waals surface area contributed by atoms with Crippen molar-refractivity contribution < 1.29 is 31.1 Å². The van der Waals surface area contributed by atoms with E-state index in [0.29, 0.717) is 24.2 Å². The van der Waals surface area contributed by atoms with Crippen LogP contribution in [0.2, 0.25) is 0 Å². The molecule has 0 aliphatic carbocycles. The monoisotopic (exact) mass is 520 g/mol. The second-order valence-corrected chi connectivity index (χ2v) is 9.54. The minimum Gasteiger partial charge on any atom is -0.356 e. The number of nitrogens with one attached hydrogen (secondary N) is 1. The van der Waals surface area contributed by atoms with E-state index < -0.39 is 29.2 Å². The number of thioether (sulfide) groups is 1. The van der Waals surface area contributed by atoms with Gasteiger partial charge in [0, 0.05) is 33.6 Å². The van der Waals surface area contributed by atoms with Gasteiger partial charge in [0.15, 0.2) is 0 Å². The van der Waals surface area contributed by atoms with E-state index in [-0.39, 0.29) is 22.2 Å². The number of benzene rings is 3. The number of H-pyrrole nitrogens is 1. The quantitative estimate of drug-likeness (QED) is 0.223. The summed E-state index contributed by atoms with van der Waals surface area (Å²) in [7, 11) is 0. The van der Waals surface area contributed by atoms with Crippen LogP contribution in [0.25, 0.3) is 10.9 Å². The smallest absolute Gasteiger partial charge is 0.356 e. The molecule has 1 unspecified atom stereocenters. The lowest BCUT2D eigenvalue weighted by atomic mass is 9.91. The highest BCUT2D eigenvalue weighted by Gasteiger charge is 2.36. The molecule has 1 aliphatic heterocycles. The number of carbonyl (C=O) groups excluding carboxylic acids is 1. The van der Waals surface area contributed by atoms with Crippen molar-refractivity contribution in [3.05, 3.63) is 101 Å². The first-order valence-electron chi connectivity index (χ1n) is 10.9. The van der Waals surface area contributed by atoms with Gasteiger partial charge in [-0.3, -0.25) is 4.79 Å². The highest BCUT2D eigenvalue weighted by atomic mass is 32.2. The Morgan fingerprint density at radius 3 is 2.19 bits per heavy atom. The molecule has 5 rings (SSSR count). The first-order valence-corrected chi connectivity index (χ1v) is 11.8. The molecule has 0 radical (unpaired) electrons. The van der Waals surface area contributed by atoms with Crippen LogP contribution in [0.15, 0.2) is 77.7 Å². The van der Waals surface area contributed by atoms with Crippen LogP contribution >= 0.6 is 11.8 Å². The van der Waals surface area contributed by atoms with Crippen molar-refractivity contribution in [1.82, 2.24) is 9.88 Å². The molecule has 1 atom stereocenters. The zero-order valence-electron chi connectivity index (χ0n) is 18.5. The van der Waals surface area contributed by atoms with Crippen molar-refractivity contribution in [2.24, 2.45) is 0 Å². The van der Waals surface area contributed by atoms with Gasteiger partial charge in [0.25, 0.3) is 5.91 Å². The number of alkyl halides is 6. The van der Waals surface area contributed by atoms with E-state index in [1.165, 1.54) is 36.4 Å². The summed E-state index contributed by atoms with van der Waals surface area (Å²) in [5, 5.41) is 0.977. The Hall–Kier alpha value is -3.40. The number of aromatic nitrogens is 1. The minimum absolute atomic E-state index is 0.0464. The van der Waals surface area contributed by atoms with Gasteiger partial charge >= 0.3 is 11.7 Å². The lowest BCUT2D eigenvalue weighted by Crippen LogP contribution is -2.40. The molecule has 186 valence electrons. The Morgan fingerprint density at radius 1 is 0.889 bits per heavy atom. The van der Waals surface area contributed by atoms with E-state index in [9.17, 15) is 31.1 Å². The molecule has 36 heavy (non-hydrogen) atoms. The average molecular weight is 520 g/mol. The Morgan fingerprint density at radius 2 is 1.56 bits per heavy atom. The second kappa shape index (κ2) is 8.92. The summed E-state index contributed by atoms with van der Waals surface area (Å²) in [6, 6.07) is 16.7. The van der Waals surface area contributed by atoms with Crippen molar-refractivity contribution in [3.63, 3.8) is 0 Å². The summed E-state index contributed by atoms with van der Waals surface area (Å²) in [6.45, 7) is 0.290. The maximum absolute atomic E-state index is 13.5. The number of rotatable bonds is 3. The number of nitrogens with zero attached hydrogens (tertiary/aromatic N) is 1. The molecule has 0 saturated carbocycles. The summed E-state index contributed by atoms with van der Waals surface area (Å²) in [4.78, 5) is 18.4. The van der Waals surface area contributed by atoms with E-state index in [0.717, 1.165) is 28.6 Å². The molecule has 0 fully saturated rings. The molecular weight excluding hydrogens is 502 g/mol. The fourth-order valence-corrected chi connectivity index (χ4v) is 5.17. The maximum Gasteiger partial charge on any atom is 0.446 e. The number of hydrogen-bond acceptors (Lipinski definition) is 2. The number of carbonyl (C=O) groups is 1. The normalized spacial score (nSPS) is 16.3. The van der Waals surface area contributed by atoms with Crippen LogP contribution in [-0.4, -0.2) is 27.8 Å². The van der Waals surface area contributed by atoms with E-state index in [4.69, 9.17) is 0 Å². The Labute approximate surface area is 206 Å². The van der Waals surface area contributed by atoms with Crippen LogP contribution in [0.3, 0.4) is 0 Å². The summed E-state index contributed by atoms with van der Waals surface area (Å²) in [5.41, 5.74) is -2.02. The predicted molar refractivity (Wildman–Crippen MR) is 125 cm³/mol. The van der Waals surface area contributed by atoms with Crippen molar-refractivity contribution in [2.45, 2.75) is 29.0 Å². The van der Waals surface area contributed by atoms with Gasteiger partial charge in [0.2, 0.25) is 0 Å². The van der Waals surface area contributed by atoms with Crippen LogP contribution in [0.5, 0.6) is 0 Å².